The Morgan fingerprint density at radius 2 is 1.88 bits per heavy atom. The van der Waals surface area contributed by atoms with E-state index in [9.17, 15) is 8.42 Å². The fourth-order valence-corrected chi connectivity index (χ4v) is 4.92. The molecule has 2 atom stereocenters. The van der Waals surface area contributed by atoms with Gasteiger partial charge in [-0.25, -0.2) is 12.7 Å². The van der Waals surface area contributed by atoms with Crippen molar-refractivity contribution in [1.29, 1.82) is 0 Å². The molecular formula is C11H22N2O2S. The summed E-state index contributed by atoms with van der Waals surface area (Å²) in [7, 11) is -3.03. The van der Waals surface area contributed by atoms with E-state index in [0.717, 1.165) is 32.1 Å². The van der Waals surface area contributed by atoms with Crippen LogP contribution in [-0.4, -0.2) is 37.1 Å². The zero-order valence-corrected chi connectivity index (χ0v) is 10.7. The van der Waals surface area contributed by atoms with Crippen molar-refractivity contribution in [2.24, 2.45) is 11.7 Å². The van der Waals surface area contributed by atoms with Crippen molar-refractivity contribution in [2.45, 2.75) is 50.3 Å². The average Bonchev–Trinajstić information content (AvgIpc) is 2.90. The normalized spacial score (nSPS) is 31.0. The van der Waals surface area contributed by atoms with Crippen molar-refractivity contribution < 1.29 is 8.42 Å². The summed E-state index contributed by atoms with van der Waals surface area (Å²) in [6, 6.07) is 0.101. The van der Waals surface area contributed by atoms with Gasteiger partial charge in [0.05, 0.1) is 5.25 Å². The van der Waals surface area contributed by atoms with Gasteiger partial charge in [0, 0.05) is 19.1 Å². The van der Waals surface area contributed by atoms with Crippen LogP contribution in [0.1, 0.15) is 39.0 Å². The van der Waals surface area contributed by atoms with Gasteiger partial charge in [-0.2, -0.15) is 0 Å². The maximum atomic E-state index is 12.3. The Kier molecular flexibility index (Phi) is 3.56. The monoisotopic (exact) mass is 246 g/mol. The van der Waals surface area contributed by atoms with Gasteiger partial charge in [-0.3, -0.25) is 0 Å². The maximum Gasteiger partial charge on any atom is 0.216 e. The SMILES string of the molecule is CC(N)C1CCN(S(=O)(=O)C2CCCC2)C1. The Bertz CT molecular complexity index is 334. The highest BCUT2D eigenvalue weighted by atomic mass is 32.2. The molecule has 1 aliphatic heterocycles. The van der Waals surface area contributed by atoms with Gasteiger partial charge in [0.25, 0.3) is 0 Å². The number of nitrogens with two attached hydrogens (primary N) is 1. The second kappa shape index (κ2) is 4.63. The summed E-state index contributed by atoms with van der Waals surface area (Å²) in [6.45, 7) is 3.28. The standard InChI is InChI=1S/C11H22N2O2S/c1-9(12)10-6-7-13(8-10)16(14,15)11-4-2-3-5-11/h9-11H,2-8,12H2,1H3. The van der Waals surface area contributed by atoms with E-state index in [2.05, 4.69) is 0 Å². The van der Waals surface area contributed by atoms with Crippen LogP contribution in [0.2, 0.25) is 0 Å². The smallest absolute Gasteiger partial charge is 0.216 e. The van der Waals surface area contributed by atoms with Crippen molar-refractivity contribution in [1.82, 2.24) is 4.31 Å². The fourth-order valence-electron chi connectivity index (χ4n) is 2.81. The second-order valence-corrected chi connectivity index (χ2v) is 7.43. The summed E-state index contributed by atoms with van der Waals surface area (Å²) < 4.78 is 26.3. The van der Waals surface area contributed by atoms with Gasteiger partial charge in [0.1, 0.15) is 0 Å². The van der Waals surface area contributed by atoms with E-state index in [4.69, 9.17) is 5.73 Å². The van der Waals surface area contributed by atoms with E-state index in [1.165, 1.54) is 0 Å². The van der Waals surface area contributed by atoms with Crippen molar-refractivity contribution in [3.05, 3.63) is 0 Å². The van der Waals surface area contributed by atoms with E-state index in [-0.39, 0.29) is 11.3 Å². The minimum atomic E-state index is -3.03. The first kappa shape index (κ1) is 12.3. The molecule has 2 N–H and O–H groups in total. The number of hydrogen-bond donors (Lipinski definition) is 1. The molecule has 2 fully saturated rings. The molecule has 0 radical (unpaired) electrons. The Balaban J connectivity index is 2.02. The van der Waals surface area contributed by atoms with Crippen LogP contribution in [-0.2, 0) is 10.0 Å². The Morgan fingerprint density at radius 3 is 2.38 bits per heavy atom. The third kappa shape index (κ3) is 2.26. The summed E-state index contributed by atoms with van der Waals surface area (Å²) in [6.07, 6.45) is 4.75. The molecule has 2 unspecified atom stereocenters. The van der Waals surface area contributed by atoms with Gasteiger partial charge < -0.3 is 5.73 Å². The highest BCUT2D eigenvalue weighted by Crippen LogP contribution is 2.30. The molecule has 2 aliphatic rings. The predicted molar refractivity (Wildman–Crippen MR) is 64.5 cm³/mol. The molecule has 1 saturated heterocycles. The van der Waals surface area contributed by atoms with Crippen LogP contribution in [0.25, 0.3) is 0 Å². The zero-order valence-electron chi connectivity index (χ0n) is 9.93. The predicted octanol–water partition coefficient (Wildman–Crippen LogP) is 0.928. The van der Waals surface area contributed by atoms with Crippen LogP contribution in [0.5, 0.6) is 0 Å². The minimum absolute atomic E-state index is 0.101. The van der Waals surface area contributed by atoms with Crippen molar-refractivity contribution >= 4 is 10.0 Å². The van der Waals surface area contributed by atoms with Crippen LogP contribution >= 0.6 is 0 Å². The molecule has 16 heavy (non-hydrogen) atoms. The third-order valence-electron chi connectivity index (χ3n) is 4.01. The summed E-state index contributed by atoms with van der Waals surface area (Å²) in [5.41, 5.74) is 5.84. The number of nitrogens with zero attached hydrogens (tertiary/aromatic N) is 1. The largest absolute Gasteiger partial charge is 0.328 e. The lowest BCUT2D eigenvalue weighted by Crippen LogP contribution is -2.37. The summed E-state index contributed by atoms with van der Waals surface area (Å²) in [5, 5.41) is -0.112. The molecule has 0 aromatic heterocycles. The molecule has 1 heterocycles. The van der Waals surface area contributed by atoms with Crippen LogP contribution in [0.15, 0.2) is 0 Å². The molecule has 94 valence electrons. The van der Waals surface area contributed by atoms with Gasteiger partial charge in [0.15, 0.2) is 0 Å². The third-order valence-corrected chi connectivity index (χ3v) is 6.38. The van der Waals surface area contributed by atoms with Gasteiger partial charge in [-0.05, 0) is 32.1 Å². The molecule has 1 saturated carbocycles. The van der Waals surface area contributed by atoms with E-state index in [1.54, 1.807) is 4.31 Å². The van der Waals surface area contributed by atoms with E-state index in [0.29, 0.717) is 19.0 Å². The molecule has 0 bridgehead atoms. The Hall–Kier alpha value is -0.130. The van der Waals surface area contributed by atoms with Crippen molar-refractivity contribution in [3.63, 3.8) is 0 Å². The molecule has 0 amide bonds. The number of sulfonamides is 1. The van der Waals surface area contributed by atoms with E-state index >= 15 is 0 Å². The molecule has 0 spiro atoms. The van der Waals surface area contributed by atoms with Crippen LogP contribution in [0.3, 0.4) is 0 Å². The molecular weight excluding hydrogens is 224 g/mol. The molecule has 0 aromatic carbocycles. The zero-order chi connectivity index (χ0) is 11.8. The van der Waals surface area contributed by atoms with Crippen LogP contribution in [0.4, 0.5) is 0 Å². The Morgan fingerprint density at radius 1 is 1.25 bits per heavy atom. The van der Waals surface area contributed by atoms with Gasteiger partial charge in [-0.1, -0.05) is 12.8 Å². The van der Waals surface area contributed by atoms with E-state index < -0.39 is 10.0 Å². The lowest BCUT2D eigenvalue weighted by Gasteiger charge is -2.21. The first-order valence-electron chi connectivity index (χ1n) is 6.26. The maximum absolute atomic E-state index is 12.3. The molecule has 4 nitrogen and oxygen atoms in total. The first-order chi connectivity index (χ1) is 7.51. The van der Waals surface area contributed by atoms with Gasteiger partial charge in [-0.15, -0.1) is 0 Å². The number of hydrogen-bond acceptors (Lipinski definition) is 3. The second-order valence-electron chi connectivity index (χ2n) is 5.22. The highest BCUT2D eigenvalue weighted by Gasteiger charge is 2.38. The number of rotatable bonds is 3. The lowest BCUT2D eigenvalue weighted by atomic mass is 10.0. The van der Waals surface area contributed by atoms with Crippen molar-refractivity contribution in [3.8, 4) is 0 Å². The quantitative estimate of drug-likeness (QED) is 0.805. The van der Waals surface area contributed by atoms with Crippen LogP contribution in [0, 0.1) is 5.92 Å². The van der Waals surface area contributed by atoms with Gasteiger partial charge >= 0.3 is 0 Å². The Labute approximate surface area is 98.2 Å². The highest BCUT2D eigenvalue weighted by molar-refractivity contribution is 7.89. The summed E-state index contributed by atoms with van der Waals surface area (Å²) >= 11 is 0. The van der Waals surface area contributed by atoms with Crippen molar-refractivity contribution in [2.75, 3.05) is 13.1 Å². The average molecular weight is 246 g/mol. The first-order valence-corrected chi connectivity index (χ1v) is 7.76. The summed E-state index contributed by atoms with van der Waals surface area (Å²) in [5.74, 6) is 0.344. The minimum Gasteiger partial charge on any atom is -0.328 e. The van der Waals surface area contributed by atoms with Gasteiger partial charge in [0.2, 0.25) is 10.0 Å². The molecule has 2 rings (SSSR count). The summed E-state index contributed by atoms with van der Waals surface area (Å²) in [4.78, 5) is 0. The molecule has 1 aliphatic carbocycles. The molecule has 5 heteroatoms. The lowest BCUT2D eigenvalue weighted by molar-refractivity contribution is 0.423. The van der Waals surface area contributed by atoms with Crippen LogP contribution < -0.4 is 5.73 Å². The topological polar surface area (TPSA) is 63.4 Å². The fraction of sp³-hybridized carbons (Fsp3) is 1.00. The molecule has 0 aromatic rings. The van der Waals surface area contributed by atoms with E-state index in [1.807, 2.05) is 6.92 Å².